The Morgan fingerprint density at radius 3 is 2.42 bits per heavy atom. The van der Waals surface area contributed by atoms with Crippen LogP contribution in [-0.4, -0.2) is 12.1 Å². The Hall–Kier alpha value is -4.04. The van der Waals surface area contributed by atoms with E-state index in [1.165, 1.54) is 61.5 Å². The second-order valence-electron chi connectivity index (χ2n) is 12.5. The molecule has 2 heterocycles. The number of hydrogen-bond donors (Lipinski definition) is 2. The number of rotatable bonds is 3. The lowest BCUT2D eigenvalue weighted by atomic mass is 9.80. The number of dihydropyridines is 1. The van der Waals surface area contributed by atoms with Crippen LogP contribution in [-0.2, 0) is 5.41 Å². The average Bonchev–Trinajstić information content (AvgIpc) is 3.48. The molecule has 40 heavy (non-hydrogen) atoms. The van der Waals surface area contributed by atoms with Crippen molar-refractivity contribution in [3.05, 3.63) is 142 Å². The van der Waals surface area contributed by atoms with E-state index in [2.05, 4.69) is 128 Å². The van der Waals surface area contributed by atoms with Gasteiger partial charge in [-0.25, -0.2) is 0 Å². The lowest BCUT2D eigenvalue weighted by Crippen LogP contribution is -2.32. The van der Waals surface area contributed by atoms with Crippen molar-refractivity contribution >= 4 is 11.3 Å². The van der Waals surface area contributed by atoms with Crippen molar-refractivity contribution in [2.45, 2.75) is 62.9 Å². The standard InChI is InChI=1S/C38H36N2/c1-38(2)32-18-17-26(19-29(32)30-23-37-31(22-33(30)38)28-15-9-10-16-34(28)39-37)27-20-35(24-11-5-3-6-12-24)40-36(21-27)25-13-7-4-8-14-25/h5,7,9-23,28,34-35,39-40H,3-4,6,8H2,1-2H3. The van der Waals surface area contributed by atoms with Gasteiger partial charge in [0, 0.05) is 22.7 Å². The van der Waals surface area contributed by atoms with Gasteiger partial charge in [0.1, 0.15) is 0 Å². The summed E-state index contributed by atoms with van der Waals surface area (Å²) >= 11 is 0. The van der Waals surface area contributed by atoms with Crippen LogP contribution < -0.4 is 10.6 Å². The third kappa shape index (κ3) is 3.69. The maximum Gasteiger partial charge on any atom is 0.0704 e. The maximum absolute atomic E-state index is 3.85. The van der Waals surface area contributed by atoms with Crippen LogP contribution in [0, 0.1) is 0 Å². The summed E-state index contributed by atoms with van der Waals surface area (Å²) in [5.41, 5.74) is 14.8. The van der Waals surface area contributed by atoms with Gasteiger partial charge in [0.25, 0.3) is 0 Å². The molecule has 0 radical (unpaired) electrons. The highest BCUT2D eigenvalue weighted by atomic mass is 15.0. The molecule has 0 saturated heterocycles. The fourth-order valence-electron chi connectivity index (χ4n) is 7.45. The van der Waals surface area contributed by atoms with Gasteiger partial charge < -0.3 is 10.6 Å². The second-order valence-corrected chi connectivity index (χ2v) is 12.5. The largest absolute Gasteiger partial charge is 0.378 e. The molecule has 6 aliphatic rings. The summed E-state index contributed by atoms with van der Waals surface area (Å²) in [6, 6.07) is 12.7. The molecular formula is C38H36N2. The van der Waals surface area contributed by atoms with Crippen LogP contribution in [0.4, 0.5) is 5.69 Å². The van der Waals surface area contributed by atoms with E-state index in [0.29, 0.717) is 12.0 Å². The zero-order valence-electron chi connectivity index (χ0n) is 23.4. The lowest BCUT2D eigenvalue weighted by molar-refractivity contribution is 0.658. The summed E-state index contributed by atoms with van der Waals surface area (Å²) < 4.78 is 0. The van der Waals surface area contributed by atoms with Crippen LogP contribution in [0.15, 0.2) is 120 Å². The quantitative estimate of drug-likeness (QED) is 0.423. The normalized spacial score (nSPS) is 26.4. The van der Waals surface area contributed by atoms with Gasteiger partial charge in [-0.3, -0.25) is 0 Å². The molecule has 2 N–H and O–H groups in total. The van der Waals surface area contributed by atoms with Gasteiger partial charge in [-0.1, -0.05) is 92.8 Å². The molecule has 3 unspecified atom stereocenters. The highest BCUT2D eigenvalue weighted by Crippen LogP contribution is 2.53. The first-order valence-electron chi connectivity index (χ1n) is 15.0. The fraction of sp³-hybridized carbons (Fsp3) is 0.263. The van der Waals surface area contributed by atoms with E-state index in [1.807, 2.05) is 0 Å². The summed E-state index contributed by atoms with van der Waals surface area (Å²) in [6.45, 7) is 4.78. The molecule has 4 aliphatic carbocycles. The van der Waals surface area contributed by atoms with Crippen molar-refractivity contribution in [1.82, 2.24) is 5.32 Å². The van der Waals surface area contributed by atoms with Crippen LogP contribution in [0.5, 0.6) is 0 Å². The van der Waals surface area contributed by atoms with Crippen LogP contribution in [0.1, 0.15) is 67.7 Å². The topological polar surface area (TPSA) is 24.1 Å². The highest BCUT2D eigenvalue weighted by Gasteiger charge is 2.39. The summed E-state index contributed by atoms with van der Waals surface area (Å²) in [6.07, 6.45) is 32.2. The minimum absolute atomic E-state index is 0.0218. The number of anilines is 1. The minimum Gasteiger partial charge on any atom is -0.378 e. The van der Waals surface area contributed by atoms with Gasteiger partial charge >= 0.3 is 0 Å². The van der Waals surface area contributed by atoms with Crippen LogP contribution in [0.2, 0.25) is 0 Å². The molecule has 2 aliphatic heterocycles. The van der Waals surface area contributed by atoms with E-state index in [-0.39, 0.29) is 11.5 Å². The SMILES string of the molecule is CC1(C)c2ccc(C3=CC(C4=CCCC=C4)NC(C4=CCCC=C4)=C3)cc2-c2cc3c(cc21)C1C=CC=CC1N3. The number of fused-ring (bicyclic) bond motifs is 6. The lowest BCUT2D eigenvalue weighted by Gasteiger charge is -2.28. The molecular weight excluding hydrogens is 484 g/mol. The maximum atomic E-state index is 3.85. The molecule has 8 rings (SSSR count). The molecule has 2 aromatic carbocycles. The molecule has 0 amide bonds. The smallest absolute Gasteiger partial charge is 0.0704 e. The van der Waals surface area contributed by atoms with Crippen LogP contribution >= 0.6 is 0 Å². The van der Waals surface area contributed by atoms with Crippen molar-refractivity contribution in [1.29, 1.82) is 0 Å². The third-order valence-corrected chi connectivity index (χ3v) is 9.64. The predicted octanol–water partition coefficient (Wildman–Crippen LogP) is 8.79. The number of hydrogen-bond acceptors (Lipinski definition) is 2. The molecule has 0 fully saturated rings. The molecule has 0 bridgehead atoms. The molecule has 0 aromatic heterocycles. The molecule has 0 spiro atoms. The fourth-order valence-corrected chi connectivity index (χ4v) is 7.45. The molecule has 3 atom stereocenters. The van der Waals surface area contributed by atoms with E-state index in [4.69, 9.17) is 0 Å². The third-order valence-electron chi connectivity index (χ3n) is 9.64. The molecule has 2 aromatic rings. The van der Waals surface area contributed by atoms with Gasteiger partial charge in [-0.05, 0) is 100 Å². The average molecular weight is 521 g/mol. The Balaban J connectivity index is 1.23. The van der Waals surface area contributed by atoms with Crippen molar-refractivity contribution in [2.75, 3.05) is 5.32 Å². The number of benzene rings is 2. The van der Waals surface area contributed by atoms with E-state index < -0.39 is 0 Å². The van der Waals surface area contributed by atoms with Crippen LogP contribution in [0.25, 0.3) is 16.7 Å². The summed E-state index contributed by atoms with van der Waals surface area (Å²) in [4.78, 5) is 0. The first-order chi connectivity index (χ1) is 19.6. The van der Waals surface area contributed by atoms with E-state index >= 15 is 0 Å². The first-order valence-corrected chi connectivity index (χ1v) is 15.0. The monoisotopic (exact) mass is 520 g/mol. The zero-order valence-corrected chi connectivity index (χ0v) is 23.4. The van der Waals surface area contributed by atoms with Crippen LogP contribution in [0.3, 0.4) is 0 Å². The predicted molar refractivity (Wildman–Crippen MR) is 168 cm³/mol. The summed E-state index contributed by atoms with van der Waals surface area (Å²) in [5.74, 6) is 0.423. The zero-order chi connectivity index (χ0) is 26.8. The number of allylic oxidation sites excluding steroid dienone is 9. The van der Waals surface area contributed by atoms with E-state index in [1.54, 1.807) is 0 Å². The van der Waals surface area contributed by atoms with Gasteiger partial charge in [0.2, 0.25) is 0 Å². The van der Waals surface area contributed by atoms with E-state index in [9.17, 15) is 0 Å². The first kappa shape index (κ1) is 23.8. The summed E-state index contributed by atoms with van der Waals surface area (Å²) in [7, 11) is 0. The van der Waals surface area contributed by atoms with Gasteiger partial charge in [0.05, 0.1) is 12.1 Å². The molecule has 2 heteroatoms. The van der Waals surface area contributed by atoms with Crippen molar-refractivity contribution in [3.63, 3.8) is 0 Å². The van der Waals surface area contributed by atoms with Crippen molar-refractivity contribution < 1.29 is 0 Å². The molecule has 2 nitrogen and oxygen atoms in total. The molecule has 0 saturated carbocycles. The van der Waals surface area contributed by atoms with Gasteiger partial charge in [-0.2, -0.15) is 0 Å². The van der Waals surface area contributed by atoms with Crippen molar-refractivity contribution in [3.8, 4) is 11.1 Å². The van der Waals surface area contributed by atoms with Crippen molar-refractivity contribution in [2.24, 2.45) is 0 Å². The van der Waals surface area contributed by atoms with Gasteiger partial charge in [-0.15, -0.1) is 0 Å². The number of nitrogens with one attached hydrogen (secondary N) is 2. The van der Waals surface area contributed by atoms with E-state index in [0.717, 1.165) is 25.7 Å². The Labute approximate surface area is 238 Å². The molecule has 198 valence electrons. The Morgan fingerprint density at radius 1 is 0.775 bits per heavy atom. The Morgan fingerprint density at radius 2 is 1.60 bits per heavy atom. The minimum atomic E-state index is -0.0218. The highest BCUT2D eigenvalue weighted by molar-refractivity contribution is 5.89. The second kappa shape index (κ2) is 8.99. The Bertz CT molecular complexity index is 1680. The van der Waals surface area contributed by atoms with Gasteiger partial charge in [0.15, 0.2) is 0 Å². The summed E-state index contributed by atoms with van der Waals surface area (Å²) in [5, 5.41) is 7.65. The Kier molecular flexibility index (Phi) is 5.35.